The lowest BCUT2D eigenvalue weighted by molar-refractivity contribution is 0.0975. The molecule has 0 aliphatic heterocycles. The molecule has 0 aromatic heterocycles. The highest BCUT2D eigenvalue weighted by atomic mass is 16.5. The maximum absolute atomic E-state index is 12.7. The Bertz CT molecular complexity index is 688. The van der Waals surface area contributed by atoms with Gasteiger partial charge in [-0.2, -0.15) is 5.26 Å². The van der Waals surface area contributed by atoms with Gasteiger partial charge in [-0.25, -0.2) is 0 Å². The van der Waals surface area contributed by atoms with Gasteiger partial charge in [-0.1, -0.05) is 30.3 Å². The molecule has 0 saturated carbocycles. The monoisotopic (exact) mass is 281 g/mol. The molecule has 0 saturated heterocycles. The molecule has 0 fully saturated rings. The predicted molar refractivity (Wildman–Crippen MR) is 78.7 cm³/mol. The van der Waals surface area contributed by atoms with Crippen molar-refractivity contribution in [1.29, 1.82) is 5.26 Å². The highest BCUT2D eigenvalue weighted by Crippen LogP contribution is 2.31. The highest BCUT2D eigenvalue weighted by molar-refractivity contribution is 6.05. The number of hydrogen-bond donors (Lipinski definition) is 0. The van der Waals surface area contributed by atoms with Crippen molar-refractivity contribution >= 4 is 5.78 Å². The van der Waals surface area contributed by atoms with E-state index in [1.165, 1.54) is 14.2 Å². The van der Waals surface area contributed by atoms with Gasteiger partial charge in [-0.05, 0) is 18.2 Å². The van der Waals surface area contributed by atoms with E-state index in [0.29, 0.717) is 22.6 Å². The van der Waals surface area contributed by atoms with Crippen LogP contribution >= 0.6 is 0 Å². The van der Waals surface area contributed by atoms with Gasteiger partial charge in [0.25, 0.3) is 0 Å². The van der Waals surface area contributed by atoms with Crippen molar-refractivity contribution in [1.82, 2.24) is 0 Å². The molecular weight excluding hydrogens is 266 g/mol. The van der Waals surface area contributed by atoms with E-state index in [1.807, 2.05) is 0 Å². The van der Waals surface area contributed by atoms with Crippen LogP contribution in [0.2, 0.25) is 0 Å². The number of benzene rings is 2. The van der Waals surface area contributed by atoms with Crippen LogP contribution in [0.1, 0.15) is 21.8 Å². The Morgan fingerprint density at radius 3 is 2.19 bits per heavy atom. The van der Waals surface area contributed by atoms with E-state index < -0.39 is 5.92 Å². The predicted octanol–water partition coefficient (Wildman–Crippen LogP) is 3.19. The summed E-state index contributed by atoms with van der Waals surface area (Å²) >= 11 is 0. The Morgan fingerprint density at radius 1 is 1.00 bits per heavy atom. The maximum atomic E-state index is 12.7. The SMILES string of the molecule is COc1ccccc1C(=O)C(C#N)c1ccccc1OC. The molecule has 0 heterocycles. The van der Waals surface area contributed by atoms with E-state index in [2.05, 4.69) is 6.07 Å². The van der Waals surface area contributed by atoms with Crippen LogP contribution in [-0.2, 0) is 0 Å². The molecule has 0 radical (unpaired) electrons. The van der Waals surface area contributed by atoms with Gasteiger partial charge in [0.2, 0.25) is 0 Å². The molecule has 106 valence electrons. The van der Waals surface area contributed by atoms with Crippen LogP contribution in [0.5, 0.6) is 11.5 Å². The molecule has 0 N–H and O–H groups in total. The van der Waals surface area contributed by atoms with Gasteiger partial charge in [0.05, 0.1) is 25.9 Å². The minimum atomic E-state index is -0.933. The minimum absolute atomic E-state index is 0.306. The molecule has 1 unspecified atom stereocenters. The molecule has 0 amide bonds. The van der Waals surface area contributed by atoms with Gasteiger partial charge in [0.15, 0.2) is 5.78 Å². The van der Waals surface area contributed by atoms with Gasteiger partial charge in [-0.3, -0.25) is 4.79 Å². The summed E-state index contributed by atoms with van der Waals surface area (Å²) in [6, 6.07) is 16.0. The number of ether oxygens (including phenoxy) is 2. The van der Waals surface area contributed by atoms with Gasteiger partial charge in [-0.15, -0.1) is 0 Å². The molecule has 1 atom stereocenters. The lowest BCUT2D eigenvalue weighted by Crippen LogP contribution is -2.13. The van der Waals surface area contributed by atoms with Crippen LogP contribution < -0.4 is 9.47 Å². The topological polar surface area (TPSA) is 59.3 Å². The van der Waals surface area contributed by atoms with Crippen molar-refractivity contribution in [3.05, 3.63) is 59.7 Å². The lowest BCUT2D eigenvalue weighted by atomic mass is 9.91. The summed E-state index contributed by atoms with van der Waals surface area (Å²) in [5.74, 6) is -0.262. The zero-order valence-corrected chi connectivity index (χ0v) is 11.9. The second-order valence-corrected chi connectivity index (χ2v) is 4.37. The number of carbonyl (C=O) groups excluding carboxylic acids is 1. The van der Waals surface area contributed by atoms with E-state index in [9.17, 15) is 10.1 Å². The minimum Gasteiger partial charge on any atom is -0.496 e. The zero-order valence-electron chi connectivity index (χ0n) is 11.9. The summed E-state index contributed by atoms with van der Waals surface area (Å²) in [7, 11) is 3.01. The van der Waals surface area contributed by atoms with E-state index >= 15 is 0 Å². The smallest absolute Gasteiger partial charge is 0.188 e. The standard InChI is InChI=1S/C17H15NO3/c1-20-15-9-5-3-7-12(15)14(11-18)17(19)13-8-4-6-10-16(13)21-2/h3-10,14H,1-2H3. The second-order valence-electron chi connectivity index (χ2n) is 4.37. The lowest BCUT2D eigenvalue weighted by Gasteiger charge is -2.14. The van der Waals surface area contributed by atoms with Crippen LogP contribution in [0.3, 0.4) is 0 Å². The van der Waals surface area contributed by atoms with E-state index in [1.54, 1.807) is 48.5 Å². The highest BCUT2D eigenvalue weighted by Gasteiger charge is 2.26. The first-order valence-corrected chi connectivity index (χ1v) is 6.42. The van der Waals surface area contributed by atoms with E-state index in [-0.39, 0.29) is 5.78 Å². The number of nitrogens with zero attached hydrogens (tertiary/aromatic N) is 1. The summed E-state index contributed by atoms with van der Waals surface area (Å²) in [5, 5.41) is 9.43. The summed E-state index contributed by atoms with van der Waals surface area (Å²) < 4.78 is 10.4. The Balaban J connectivity index is 2.47. The Hall–Kier alpha value is -2.80. The molecule has 2 aromatic carbocycles. The van der Waals surface area contributed by atoms with Crippen molar-refractivity contribution in [2.45, 2.75) is 5.92 Å². The maximum Gasteiger partial charge on any atom is 0.188 e. The van der Waals surface area contributed by atoms with Crippen LogP contribution in [0, 0.1) is 11.3 Å². The molecule has 0 aliphatic rings. The molecule has 0 bridgehead atoms. The Morgan fingerprint density at radius 2 is 1.57 bits per heavy atom. The zero-order chi connectivity index (χ0) is 15.2. The summed E-state index contributed by atoms with van der Waals surface area (Å²) in [6.07, 6.45) is 0. The van der Waals surface area contributed by atoms with Crippen molar-refractivity contribution in [2.75, 3.05) is 14.2 Å². The molecule has 0 aliphatic carbocycles. The number of rotatable bonds is 5. The number of ketones is 1. The fourth-order valence-corrected chi connectivity index (χ4v) is 2.18. The molecule has 2 aromatic rings. The number of methoxy groups -OCH3 is 2. The quantitative estimate of drug-likeness (QED) is 0.790. The molecule has 21 heavy (non-hydrogen) atoms. The third-order valence-corrected chi connectivity index (χ3v) is 3.21. The van der Waals surface area contributed by atoms with Crippen molar-refractivity contribution < 1.29 is 14.3 Å². The molecule has 4 nitrogen and oxygen atoms in total. The first kappa shape index (κ1) is 14.6. The fraction of sp³-hybridized carbons (Fsp3) is 0.176. The average Bonchev–Trinajstić information content (AvgIpc) is 2.55. The van der Waals surface area contributed by atoms with Crippen LogP contribution in [0.4, 0.5) is 0 Å². The Kier molecular flexibility index (Phi) is 4.57. The van der Waals surface area contributed by atoms with E-state index in [0.717, 1.165) is 0 Å². The average molecular weight is 281 g/mol. The molecular formula is C17H15NO3. The molecule has 2 rings (SSSR count). The first-order valence-electron chi connectivity index (χ1n) is 6.42. The number of nitriles is 1. The summed E-state index contributed by atoms with van der Waals surface area (Å²) in [4.78, 5) is 12.7. The number of Topliss-reactive ketones (excluding diaryl/α,β-unsaturated/α-hetero) is 1. The molecule has 4 heteroatoms. The van der Waals surface area contributed by atoms with Crippen molar-refractivity contribution in [3.8, 4) is 17.6 Å². The normalized spacial score (nSPS) is 11.3. The Labute approximate surface area is 123 Å². The van der Waals surface area contributed by atoms with Crippen LogP contribution in [0.25, 0.3) is 0 Å². The van der Waals surface area contributed by atoms with Crippen molar-refractivity contribution in [2.24, 2.45) is 0 Å². The van der Waals surface area contributed by atoms with Gasteiger partial charge < -0.3 is 9.47 Å². The van der Waals surface area contributed by atoms with Crippen molar-refractivity contribution in [3.63, 3.8) is 0 Å². The third kappa shape index (κ3) is 2.87. The fourth-order valence-electron chi connectivity index (χ4n) is 2.18. The van der Waals surface area contributed by atoms with Gasteiger partial charge >= 0.3 is 0 Å². The molecule has 0 spiro atoms. The number of hydrogen-bond acceptors (Lipinski definition) is 4. The van der Waals surface area contributed by atoms with Crippen LogP contribution in [-0.4, -0.2) is 20.0 Å². The van der Waals surface area contributed by atoms with E-state index in [4.69, 9.17) is 9.47 Å². The van der Waals surface area contributed by atoms with Gasteiger partial charge in [0, 0.05) is 5.56 Å². The number of carbonyl (C=O) groups is 1. The summed E-state index contributed by atoms with van der Waals surface area (Å²) in [5.41, 5.74) is 0.941. The number of para-hydroxylation sites is 2. The van der Waals surface area contributed by atoms with Gasteiger partial charge in [0.1, 0.15) is 17.4 Å². The first-order chi connectivity index (χ1) is 10.2. The largest absolute Gasteiger partial charge is 0.496 e. The van der Waals surface area contributed by atoms with Crippen LogP contribution in [0.15, 0.2) is 48.5 Å². The second kappa shape index (κ2) is 6.58. The summed E-state index contributed by atoms with van der Waals surface area (Å²) in [6.45, 7) is 0. The third-order valence-electron chi connectivity index (χ3n) is 3.21.